The topological polar surface area (TPSA) is 91.5 Å². The first-order valence-corrected chi connectivity index (χ1v) is 6.49. The number of nitrogens with two attached hydrogens (primary N) is 1. The van der Waals surface area contributed by atoms with E-state index >= 15 is 0 Å². The highest BCUT2D eigenvalue weighted by atomic mass is 32.1. The van der Waals surface area contributed by atoms with Crippen LogP contribution in [0.1, 0.15) is 16.8 Å². The molecule has 1 fully saturated rings. The van der Waals surface area contributed by atoms with Gasteiger partial charge in [-0.2, -0.15) is 0 Å². The Morgan fingerprint density at radius 3 is 3.11 bits per heavy atom. The summed E-state index contributed by atoms with van der Waals surface area (Å²) in [6.45, 7) is 0.293. The molecule has 0 amide bonds. The molecule has 7 heteroatoms. The average molecular weight is 278 g/mol. The number of aromatic nitrogens is 1. The number of carbonyl (C=O) groups is 2. The Morgan fingerprint density at radius 2 is 2.37 bits per heavy atom. The van der Waals surface area contributed by atoms with Crippen molar-refractivity contribution in [1.29, 1.82) is 0 Å². The molecule has 6 nitrogen and oxygen atoms in total. The molecule has 0 saturated carbocycles. The van der Waals surface area contributed by atoms with Crippen LogP contribution in [0.5, 0.6) is 0 Å². The first kappa shape index (κ1) is 11.9. The number of anilines is 1. The largest absolute Gasteiger partial charge is 0.463 e. The molecule has 1 aliphatic rings. The van der Waals surface area contributed by atoms with Crippen LogP contribution in [0.3, 0.4) is 0 Å². The van der Waals surface area contributed by atoms with Crippen molar-refractivity contribution in [3.8, 4) is 0 Å². The van der Waals surface area contributed by atoms with Crippen molar-refractivity contribution in [2.24, 2.45) is 0 Å². The van der Waals surface area contributed by atoms with Gasteiger partial charge in [0.05, 0.1) is 22.4 Å². The van der Waals surface area contributed by atoms with Crippen LogP contribution in [0.4, 0.5) is 5.13 Å². The van der Waals surface area contributed by atoms with Crippen molar-refractivity contribution >= 4 is 38.6 Å². The minimum absolute atomic E-state index is 0.293. The van der Waals surface area contributed by atoms with E-state index in [4.69, 9.17) is 15.2 Å². The van der Waals surface area contributed by atoms with E-state index in [2.05, 4.69) is 4.98 Å². The maximum atomic E-state index is 11.9. The molecule has 19 heavy (non-hydrogen) atoms. The van der Waals surface area contributed by atoms with Gasteiger partial charge in [-0.05, 0) is 18.2 Å². The molecular weight excluding hydrogens is 268 g/mol. The van der Waals surface area contributed by atoms with Gasteiger partial charge in [-0.3, -0.25) is 0 Å². The Morgan fingerprint density at radius 1 is 1.53 bits per heavy atom. The van der Waals surface area contributed by atoms with Gasteiger partial charge < -0.3 is 15.2 Å². The molecule has 2 heterocycles. The third kappa shape index (κ3) is 2.24. The van der Waals surface area contributed by atoms with Crippen molar-refractivity contribution in [2.45, 2.75) is 12.5 Å². The summed E-state index contributed by atoms with van der Waals surface area (Å²) in [5.41, 5.74) is 6.70. The third-order valence-corrected chi connectivity index (χ3v) is 3.62. The fourth-order valence-corrected chi connectivity index (χ4v) is 2.62. The fraction of sp³-hybridized carbons (Fsp3) is 0.250. The summed E-state index contributed by atoms with van der Waals surface area (Å²) in [7, 11) is 0. The molecule has 1 aromatic carbocycles. The van der Waals surface area contributed by atoms with E-state index in [0.29, 0.717) is 23.7 Å². The predicted octanol–water partition coefficient (Wildman–Crippen LogP) is 1.35. The highest BCUT2D eigenvalue weighted by Crippen LogP contribution is 2.25. The van der Waals surface area contributed by atoms with E-state index < -0.39 is 18.0 Å². The van der Waals surface area contributed by atoms with E-state index in [1.54, 1.807) is 18.2 Å². The summed E-state index contributed by atoms with van der Waals surface area (Å²) in [6, 6.07) is 4.96. The number of nitrogen functional groups attached to an aromatic ring is 1. The van der Waals surface area contributed by atoms with Crippen LogP contribution in [0, 0.1) is 0 Å². The molecular formula is C12H10N2O4S. The Labute approximate surface area is 112 Å². The number of cyclic esters (lactones) is 1. The molecule has 1 saturated heterocycles. The van der Waals surface area contributed by atoms with Crippen molar-refractivity contribution < 1.29 is 19.1 Å². The molecule has 1 aliphatic heterocycles. The summed E-state index contributed by atoms with van der Waals surface area (Å²) < 4.78 is 10.6. The number of ether oxygens (including phenoxy) is 2. The Bertz CT molecular complexity index is 667. The van der Waals surface area contributed by atoms with Crippen LogP contribution in [-0.4, -0.2) is 29.6 Å². The van der Waals surface area contributed by atoms with Gasteiger partial charge in [0.1, 0.15) is 0 Å². The number of fused-ring (bicyclic) bond motifs is 1. The van der Waals surface area contributed by atoms with Crippen LogP contribution in [0.25, 0.3) is 10.2 Å². The predicted molar refractivity (Wildman–Crippen MR) is 68.8 cm³/mol. The van der Waals surface area contributed by atoms with Gasteiger partial charge in [0.2, 0.25) is 6.10 Å². The van der Waals surface area contributed by atoms with E-state index in [-0.39, 0.29) is 0 Å². The lowest BCUT2D eigenvalue weighted by Crippen LogP contribution is -2.22. The van der Waals surface area contributed by atoms with Gasteiger partial charge in [-0.1, -0.05) is 11.3 Å². The first-order chi connectivity index (χ1) is 9.13. The minimum atomic E-state index is -0.797. The number of hydrogen-bond acceptors (Lipinski definition) is 7. The van der Waals surface area contributed by atoms with Crippen molar-refractivity contribution in [1.82, 2.24) is 4.98 Å². The number of esters is 2. The molecule has 1 aromatic heterocycles. The van der Waals surface area contributed by atoms with Crippen LogP contribution in [-0.2, 0) is 14.3 Å². The van der Waals surface area contributed by atoms with Crippen molar-refractivity contribution in [3.05, 3.63) is 23.8 Å². The number of rotatable bonds is 2. The molecule has 0 bridgehead atoms. The van der Waals surface area contributed by atoms with Gasteiger partial charge >= 0.3 is 11.9 Å². The molecule has 2 aromatic rings. The second-order valence-corrected chi connectivity index (χ2v) is 5.15. The van der Waals surface area contributed by atoms with Gasteiger partial charge in [-0.25, -0.2) is 14.6 Å². The second kappa shape index (κ2) is 4.51. The Kier molecular flexibility index (Phi) is 2.83. The Hall–Kier alpha value is -2.15. The second-order valence-electron chi connectivity index (χ2n) is 4.08. The van der Waals surface area contributed by atoms with Crippen LogP contribution >= 0.6 is 11.3 Å². The number of nitrogens with zero attached hydrogens (tertiary/aromatic N) is 1. The zero-order valence-electron chi connectivity index (χ0n) is 9.79. The lowest BCUT2D eigenvalue weighted by molar-refractivity contribution is -0.145. The average Bonchev–Trinajstić information content (AvgIpc) is 2.93. The quantitative estimate of drug-likeness (QED) is 0.834. The summed E-state index contributed by atoms with van der Waals surface area (Å²) in [5.74, 6) is -1.03. The highest BCUT2D eigenvalue weighted by molar-refractivity contribution is 7.22. The molecule has 0 spiro atoms. The molecule has 0 radical (unpaired) electrons. The standard InChI is InChI=1S/C12H10N2O4S/c13-12-14-7-2-1-6(5-9(7)19-12)10(15)18-8-3-4-17-11(8)16/h1-2,5,8H,3-4H2,(H2,13,14)/t8-/m1/s1. The molecule has 0 unspecified atom stereocenters. The summed E-state index contributed by atoms with van der Waals surface area (Å²) in [6.07, 6.45) is -0.393. The maximum absolute atomic E-state index is 11.9. The fourth-order valence-electron chi connectivity index (χ4n) is 1.85. The van der Waals surface area contributed by atoms with Crippen molar-refractivity contribution in [2.75, 3.05) is 12.3 Å². The normalized spacial score (nSPS) is 18.5. The molecule has 3 rings (SSSR count). The van der Waals surface area contributed by atoms with Crippen LogP contribution < -0.4 is 5.73 Å². The first-order valence-electron chi connectivity index (χ1n) is 5.67. The summed E-state index contributed by atoms with van der Waals surface area (Å²) in [4.78, 5) is 27.3. The third-order valence-electron chi connectivity index (χ3n) is 2.78. The van der Waals surface area contributed by atoms with Crippen molar-refractivity contribution in [3.63, 3.8) is 0 Å². The maximum Gasteiger partial charge on any atom is 0.347 e. The zero-order valence-corrected chi connectivity index (χ0v) is 10.6. The van der Waals surface area contributed by atoms with Gasteiger partial charge in [0.25, 0.3) is 0 Å². The monoisotopic (exact) mass is 278 g/mol. The zero-order chi connectivity index (χ0) is 13.4. The number of thiazole rings is 1. The van der Waals surface area contributed by atoms with E-state index in [1.165, 1.54) is 11.3 Å². The SMILES string of the molecule is Nc1nc2ccc(C(=O)O[C@@H]3CCOC3=O)cc2s1. The van der Waals surface area contributed by atoms with E-state index in [9.17, 15) is 9.59 Å². The summed E-state index contributed by atoms with van der Waals surface area (Å²) >= 11 is 1.29. The number of benzene rings is 1. The van der Waals surface area contributed by atoms with Gasteiger partial charge in [-0.15, -0.1) is 0 Å². The van der Waals surface area contributed by atoms with E-state index in [0.717, 1.165) is 10.2 Å². The van der Waals surface area contributed by atoms with Gasteiger partial charge in [0.15, 0.2) is 5.13 Å². The minimum Gasteiger partial charge on any atom is -0.463 e. The summed E-state index contributed by atoms with van der Waals surface area (Å²) in [5, 5.41) is 0.444. The molecule has 2 N–H and O–H groups in total. The Balaban J connectivity index is 1.82. The molecule has 0 aliphatic carbocycles. The van der Waals surface area contributed by atoms with Crippen LogP contribution in [0.2, 0.25) is 0 Å². The smallest absolute Gasteiger partial charge is 0.347 e. The lowest BCUT2D eigenvalue weighted by atomic mass is 10.2. The van der Waals surface area contributed by atoms with Crippen LogP contribution in [0.15, 0.2) is 18.2 Å². The van der Waals surface area contributed by atoms with E-state index in [1.807, 2.05) is 0 Å². The van der Waals surface area contributed by atoms with Gasteiger partial charge in [0, 0.05) is 6.42 Å². The molecule has 98 valence electrons. The number of hydrogen-bond donors (Lipinski definition) is 1. The lowest BCUT2D eigenvalue weighted by Gasteiger charge is -2.07. The number of carbonyl (C=O) groups excluding carboxylic acids is 2. The highest BCUT2D eigenvalue weighted by Gasteiger charge is 2.30. The molecule has 1 atom stereocenters.